The first kappa shape index (κ1) is 27.4. The molecule has 5 rings (SSSR count). The molecule has 1 aromatic carbocycles. The van der Waals surface area contributed by atoms with E-state index in [4.69, 9.17) is 4.74 Å². The predicted octanol–water partition coefficient (Wildman–Crippen LogP) is 3.97. The minimum atomic E-state index is -2.99. The fourth-order valence-electron chi connectivity index (χ4n) is 5.39. The number of benzene rings is 1. The lowest BCUT2D eigenvalue weighted by Gasteiger charge is -2.41. The Balaban J connectivity index is 0.00000370. The van der Waals surface area contributed by atoms with E-state index in [1.54, 1.807) is 11.8 Å². The van der Waals surface area contributed by atoms with Gasteiger partial charge in [0.25, 0.3) is 0 Å². The van der Waals surface area contributed by atoms with Crippen LogP contribution in [0.1, 0.15) is 40.1 Å². The van der Waals surface area contributed by atoms with E-state index < -0.39 is 22.1 Å². The first-order valence-electron chi connectivity index (χ1n) is 13.4. The summed E-state index contributed by atoms with van der Waals surface area (Å²) >= 11 is 0. The van der Waals surface area contributed by atoms with E-state index in [9.17, 15) is 12.8 Å². The molecule has 4 heterocycles. The summed E-state index contributed by atoms with van der Waals surface area (Å²) in [6, 6.07) is 6.27. The normalized spacial score (nSPS) is 20.5. The summed E-state index contributed by atoms with van der Waals surface area (Å²) in [6.07, 6.45) is 2.40. The van der Waals surface area contributed by atoms with Gasteiger partial charge in [-0.2, -0.15) is 10.1 Å². The van der Waals surface area contributed by atoms with E-state index in [0.717, 1.165) is 16.5 Å². The second-order valence-corrected chi connectivity index (χ2v) is 13.1. The number of nitrogens with zero attached hydrogens (tertiary/aromatic N) is 6. The highest BCUT2D eigenvalue weighted by Crippen LogP contribution is 2.37. The SMILES string of the molecule is CCS(=O)(=O)CC1CN(c2ccc(C(C)C)c3cc(Nc4cnnc(N5CC[C@@H](OC)[C@@H](F)C5)n4)ncc23)C1.[HH]. The number of anilines is 4. The highest BCUT2D eigenvalue weighted by molar-refractivity contribution is 7.91. The van der Waals surface area contributed by atoms with Crippen LogP contribution in [0.5, 0.6) is 0 Å². The number of rotatable bonds is 9. The first-order chi connectivity index (χ1) is 18.7. The molecule has 0 unspecified atom stereocenters. The van der Waals surface area contributed by atoms with Crippen molar-refractivity contribution in [2.75, 3.05) is 59.9 Å². The van der Waals surface area contributed by atoms with Crippen LogP contribution < -0.4 is 15.1 Å². The molecule has 212 valence electrons. The summed E-state index contributed by atoms with van der Waals surface area (Å²) in [5.74, 6) is 2.32. The highest BCUT2D eigenvalue weighted by atomic mass is 32.2. The van der Waals surface area contributed by atoms with Gasteiger partial charge >= 0.3 is 0 Å². The quantitative estimate of drug-likeness (QED) is 0.413. The molecule has 2 fully saturated rings. The third kappa shape index (κ3) is 5.91. The van der Waals surface area contributed by atoms with Gasteiger partial charge in [0.05, 0.1) is 24.6 Å². The van der Waals surface area contributed by atoms with Crippen LogP contribution >= 0.6 is 0 Å². The van der Waals surface area contributed by atoms with Crippen LogP contribution in [-0.2, 0) is 14.6 Å². The van der Waals surface area contributed by atoms with E-state index in [-0.39, 0.29) is 25.4 Å². The van der Waals surface area contributed by atoms with Crippen LogP contribution in [0.15, 0.2) is 30.6 Å². The summed E-state index contributed by atoms with van der Waals surface area (Å²) < 4.78 is 43.7. The number of ether oxygens (including phenoxy) is 1. The average molecular weight is 560 g/mol. The average Bonchev–Trinajstić information content (AvgIpc) is 2.90. The number of aromatic nitrogens is 4. The smallest absolute Gasteiger partial charge is 0.247 e. The molecular formula is C27H38FN7O3S. The number of sulfone groups is 1. The lowest BCUT2D eigenvalue weighted by atomic mass is 9.93. The van der Waals surface area contributed by atoms with Crippen molar-refractivity contribution in [1.82, 2.24) is 20.2 Å². The zero-order valence-corrected chi connectivity index (χ0v) is 23.7. The molecule has 0 spiro atoms. The lowest BCUT2D eigenvalue weighted by molar-refractivity contribution is 0.0194. The van der Waals surface area contributed by atoms with Crippen molar-refractivity contribution in [1.29, 1.82) is 0 Å². The van der Waals surface area contributed by atoms with Crippen LogP contribution in [0.3, 0.4) is 0 Å². The molecular weight excluding hydrogens is 521 g/mol. The molecule has 3 aromatic rings. The predicted molar refractivity (Wildman–Crippen MR) is 154 cm³/mol. The molecule has 1 N–H and O–H groups in total. The molecule has 12 heteroatoms. The molecule has 2 aromatic heterocycles. The maximum atomic E-state index is 14.4. The van der Waals surface area contributed by atoms with Gasteiger partial charge in [0.2, 0.25) is 5.95 Å². The Morgan fingerprint density at radius 2 is 1.95 bits per heavy atom. The number of halogens is 1. The van der Waals surface area contributed by atoms with Gasteiger partial charge in [0, 0.05) is 57.1 Å². The van der Waals surface area contributed by atoms with Crippen molar-refractivity contribution in [2.24, 2.45) is 5.92 Å². The van der Waals surface area contributed by atoms with E-state index in [1.165, 1.54) is 18.9 Å². The highest BCUT2D eigenvalue weighted by Gasteiger charge is 2.32. The third-order valence-corrected chi connectivity index (χ3v) is 9.49. The Kier molecular flexibility index (Phi) is 7.86. The summed E-state index contributed by atoms with van der Waals surface area (Å²) in [6.45, 7) is 8.17. The second kappa shape index (κ2) is 11.2. The summed E-state index contributed by atoms with van der Waals surface area (Å²) in [4.78, 5) is 13.2. The van der Waals surface area contributed by atoms with Gasteiger partial charge in [-0.05, 0) is 35.4 Å². The zero-order valence-electron chi connectivity index (χ0n) is 22.8. The van der Waals surface area contributed by atoms with Crippen LogP contribution in [0.2, 0.25) is 0 Å². The Hall–Kier alpha value is -3.12. The zero-order chi connectivity index (χ0) is 27.7. The second-order valence-electron chi connectivity index (χ2n) is 10.7. The van der Waals surface area contributed by atoms with Crippen molar-refractivity contribution in [3.05, 3.63) is 36.2 Å². The number of hydrogen-bond acceptors (Lipinski definition) is 10. The van der Waals surface area contributed by atoms with E-state index in [2.05, 4.69) is 56.4 Å². The Bertz CT molecular complexity index is 1440. The van der Waals surface area contributed by atoms with E-state index in [1.807, 2.05) is 12.3 Å². The van der Waals surface area contributed by atoms with Crippen molar-refractivity contribution in [3.8, 4) is 0 Å². The minimum absolute atomic E-state index is 0. The molecule has 0 saturated carbocycles. The van der Waals surface area contributed by atoms with Crippen molar-refractivity contribution >= 4 is 43.9 Å². The summed E-state index contributed by atoms with van der Waals surface area (Å²) in [7, 11) is -1.46. The lowest BCUT2D eigenvalue weighted by Crippen LogP contribution is -2.49. The van der Waals surface area contributed by atoms with Crippen LogP contribution in [0, 0.1) is 5.92 Å². The van der Waals surface area contributed by atoms with Gasteiger partial charge < -0.3 is 19.9 Å². The summed E-state index contributed by atoms with van der Waals surface area (Å²) in [5.41, 5.74) is 2.26. The number of alkyl halides is 1. The van der Waals surface area contributed by atoms with E-state index in [0.29, 0.717) is 49.6 Å². The standard InChI is InChI=1S/C27H36FN7O3S.H2/c1-5-39(36,37)16-18-13-35(14-18)23-7-6-19(17(2)3)20-10-25(29-11-21(20)23)31-26-12-30-33-27(32-26)34-9-8-24(38-4)22(28)15-34;/h6-7,10-12,17-18,22,24H,5,8-9,13-16H2,1-4H3,(H,29,31,32,33);1H/t22-,24+;/m0./s1. The number of hydrogen-bond donors (Lipinski definition) is 1. The topological polar surface area (TPSA) is 113 Å². The monoisotopic (exact) mass is 559 g/mol. The molecule has 2 aliphatic rings. The van der Waals surface area contributed by atoms with Crippen molar-refractivity contribution in [3.63, 3.8) is 0 Å². The fraction of sp³-hybridized carbons (Fsp3) is 0.556. The number of pyridine rings is 1. The molecule has 2 saturated heterocycles. The molecule has 0 amide bonds. The van der Waals surface area contributed by atoms with Crippen LogP contribution in [-0.4, -0.2) is 85.7 Å². The van der Waals surface area contributed by atoms with Crippen LogP contribution in [0.4, 0.5) is 27.7 Å². The molecule has 39 heavy (non-hydrogen) atoms. The van der Waals surface area contributed by atoms with Gasteiger partial charge in [0.15, 0.2) is 5.82 Å². The number of piperidine rings is 1. The largest absolute Gasteiger partial charge is 0.378 e. The van der Waals surface area contributed by atoms with Gasteiger partial charge in [-0.3, -0.25) is 0 Å². The fourth-order valence-corrected chi connectivity index (χ4v) is 6.56. The van der Waals surface area contributed by atoms with Gasteiger partial charge in [-0.25, -0.2) is 17.8 Å². The minimum Gasteiger partial charge on any atom is -0.378 e. The molecule has 2 aliphatic heterocycles. The number of nitrogens with one attached hydrogen (secondary N) is 1. The van der Waals surface area contributed by atoms with Gasteiger partial charge in [0.1, 0.15) is 21.8 Å². The first-order valence-corrected chi connectivity index (χ1v) is 15.3. The number of fused-ring (bicyclic) bond motifs is 1. The van der Waals surface area contributed by atoms with Gasteiger partial charge in [-0.1, -0.05) is 26.8 Å². The van der Waals surface area contributed by atoms with Crippen molar-refractivity contribution < 1.29 is 19.0 Å². The Labute approximate surface area is 230 Å². The molecule has 0 radical (unpaired) electrons. The maximum Gasteiger partial charge on any atom is 0.247 e. The molecule has 10 nitrogen and oxygen atoms in total. The molecule has 2 atom stereocenters. The van der Waals surface area contributed by atoms with E-state index >= 15 is 0 Å². The number of methoxy groups -OCH3 is 1. The van der Waals surface area contributed by atoms with Crippen molar-refractivity contribution in [2.45, 2.75) is 45.4 Å². The van der Waals surface area contributed by atoms with Crippen LogP contribution in [0.25, 0.3) is 10.8 Å². The molecule has 0 aliphatic carbocycles. The Morgan fingerprint density at radius 1 is 1.15 bits per heavy atom. The maximum absolute atomic E-state index is 14.4. The van der Waals surface area contributed by atoms with Gasteiger partial charge in [-0.15, -0.1) is 5.10 Å². The Morgan fingerprint density at radius 3 is 2.64 bits per heavy atom. The summed E-state index contributed by atoms with van der Waals surface area (Å²) in [5, 5.41) is 13.5. The third-order valence-electron chi connectivity index (χ3n) is 7.63. The molecule has 0 bridgehead atoms.